The van der Waals surface area contributed by atoms with Crippen molar-refractivity contribution in [2.45, 2.75) is 0 Å². The molecule has 0 fully saturated rings. The molecule has 0 aliphatic carbocycles. The predicted molar refractivity (Wildman–Crippen MR) is 209 cm³/mol. The minimum atomic E-state index is 0.612. The van der Waals surface area contributed by atoms with Crippen molar-refractivity contribution in [1.29, 1.82) is 0 Å². The Labute approximate surface area is 295 Å². The van der Waals surface area contributed by atoms with E-state index in [2.05, 4.69) is 78.9 Å². The zero-order valence-electron chi connectivity index (χ0n) is 27.0. The van der Waals surface area contributed by atoms with E-state index in [1.165, 1.54) is 15.5 Å². The van der Waals surface area contributed by atoms with Crippen LogP contribution >= 0.6 is 11.3 Å². The molecule has 7 aromatic carbocycles. The summed E-state index contributed by atoms with van der Waals surface area (Å²) in [4.78, 5) is 15.3. The van der Waals surface area contributed by atoms with E-state index in [0.29, 0.717) is 17.5 Å². The third kappa shape index (κ3) is 4.37. The first kappa shape index (κ1) is 28.2. The molecule has 0 saturated heterocycles. The lowest BCUT2D eigenvalue weighted by Crippen LogP contribution is -2.00. The monoisotopic (exact) mass is 671 g/mol. The first-order valence-electron chi connectivity index (χ1n) is 16.9. The second-order valence-electron chi connectivity index (χ2n) is 12.7. The molecule has 4 aromatic heterocycles. The van der Waals surface area contributed by atoms with E-state index < -0.39 is 0 Å². The molecule has 0 saturated carbocycles. The summed E-state index contributed by atoms with van der Waals surface area (Å²) in [7, 11) is 0. The summed E-state index contributed by atoms with van der Waals surface area (Å²) in [6.45, 7) is 0. The van der Waals surface area contributed by atoms with Gasteiger partial charge in [-0.15, -0.1) is 11.3 Å². The van der Waals surface area contributed by atoms with Crippen molar-refractivity contribution >= 4 is 75.4 Å². The zero-order chi connectivity index (χ0) is 33.5. The van der Waals surface area contributed by atoms with Crippen LogP contribution in [0.25, 0.3) is 109 Å². The lowest BCUT2D eigenvalue weighted by molar-refractivity contribution is 0.669. The molecule has 11 aromatic rings. The maximum Gasteiger partial charge on any atom is 0.165 e. The van der Waals surface area contributed by atoms with Crippen LogP contribution in [0.3, 0.4) is 0 Å². The molecule has 0 bridgehead atoms. The molecule has 6 heteroatoms. The molecular weight excluding hydrogens is 647 g/mol. The number of hydrogen-bond acceptors (Lipinski definition) is 6. The molecule has 0 amide bonds. The minimum absolute atomic E-state index is 0.612. The fourth-order valence-corrected chi connectivity index (χ4v) is 8.71. The summed E-state index contributed by atoms with van der Waals surface area (Å²) in [6.07, 6.45) is 0. The number of rotatable bonds is 4. The maximum atomic E-state index is 6.48. The van der Waals surface area contributed by atoms with Gasteiger partial charge in [0, 0.05) is 69.5 Å². The van der Waals surface area contributed by atoms with Crippen LogP contribution in [0.4, 0.5) is 0 Å². The van der Waals surface area contributed by atoms with Gasteiger partial charge >= 0.3 is 0 Å². The topological polar surface area (TPSA) is 65.0 Å². The number of furan rings is 2. The van der Waals surface area contributed by atoms with Crippen LogP contribution in [0.5, 0.6) is 0 Å². The van der Waals surface area contributed by atoms with Crippen LogP contribution in [-0.2, 0) is 0 Å². The summed E-state index contributed by atoms with van der Waals surface area (Å²) >= 11 is 1.77. The van der Waals surface area contributed by atoms with Crippen molar-refractivity contribution in [3.8, 4) is 45.3 Å². The van der Waals surface area contributed by atoms with E-state index in [0.717, 1.165) is 76.4 Å². The number of benzene rings is 7. The molecule has 0 unspecified atom stereocenters. The maximum absolute atomic E-state index is 6.48. The van der Waals surface area contributed by atoms with Crippen LogP contribution in [0.1, 0.15) is 0 Å². The Kier molecular flexibility index (Phi) is 6.05. The fraction of sp³-hybridized carbons (Fsp3) is 0. The van der Waals surface area contributed by atoms with Gasteiger partial charge in [-0.05, 0) is 36.4 Å². The molecule has 0 aliphatic heterocycles. The molecule has 0 atom stereocenters. The Balaban J connectivity index is 1.13. The number of thiophene rings is 1. The number of nitrogens with zero attached hydrogens (tertiary/aromatic N) is 3. The molecular formula is C45H25N3O2S. The van der Waals surface area contributed by atoms with Crippen molar-refractivity contribution in [3.63, 3.8) is 0 Å². The van der Waals surface area contributed by atoms with Gasteiger partial charge in [0.1, 0.15) is 22.3 Å². The highest BCUT2D eigenvalue weighted by Gasteiger charge is 2.20. The third-order valence-electron chi connectivity index (χ3n) is 9.76. The largest absolute Gasteiger partial charge is 0.456 e. The zero-order valence-corrected chi connectivity index (χ0v) is 27.8. The Morgan fingerprint density at radius 1 is 0.353 bits per heavy atom. The summed E-state index contributed by atoms with van der Waals surface area (Å²) in [5.74, 6) is 1.87. The number of aromatic nitrogens is 3. The lowest BCUT2D eigenvalue weighted by atomic mass is 10.00. The van der Waals surface area contributed by atoms with Crippen molar-refractivity contribution < 1.29 is 8.83 Å². The molecule has 11 rings (SSSR count). The van der Waals surface area contributed by atoms with Gasteiger partial charge in [0.05, 0.1) is 0 Å². The molecule has 5 nitrogen and oxygen atoms in total. The van der Waals surface area contributed by atoms with Crippen LogP contribution in [0.15, 0.2) is 160 Å². The van der Waals surface area contributed by atoms with E-state index in [9.17, 15) is 0 Å². The molecule has 238 valence electrons. The first-order chi connectivity index (χ1) is 25.3. The number of para-hydroxylation sites is 3. The average Bonchev–Trinajstić information content (AvgIpc) is 3.89. The highest BCUT2D eigenvalue weighted by atomic mass is 32.1. The molecule has 0 aliphatic rings. The normalized spacial score (nSPS) is 11.9. The van der Waals surface area contributed by atoms with Gasteiger partial charge in [0.25, 0.3) is 0 Å². The summed E-state index contributed by atoms with van der Waals surface area (Å²) < 4.78 is 14.9. The Morgan fingerprint density at radius 2 is 0.902 bits per heavy atom. The van der Waals surface area contributed by atoms with Crippen LogP contribution in [0.2, 0.25) is 0 Å². The van der Waals surface area contributed by atoms with E-state index >= 15 is 0 Å². The van der Waals surface area contributed by atoms with Crippen LogP contribution < -0.4 is 0 Å². The highest BCUT2D eigenvalue weighted by Crippen LogP contribution is 2.46. The van der Waals surface area contributed by atoms with E-state index in [1.807, 2.05) is 72.8 Å². The van der Waals surface area contributed by atoms with Gasteiger partial charge in [-0.1, -0.05) is 115 Å². The van der Waals surface area contributed by atoms with Crippen LogP contribution in [0, 0.1) is 0 Å². The van der Waals surface area contributed by atoms with Gasteiger partial charge < -0.3 is 8.83 Å². The summed E-state index contributed by atoms with van der Waals surface area (Å²) in [5, 5.41) is 6.70. The average molecular weight is 672 g/mol. The molecule has 51 heavy (non-hydrogen) atoms. The van der Waals surface area contributed by atoms with Gasteiger partial charge in [-0.3, -0.25) is 0 Å². The lowest BCUT2D eigenvalue weighted by Gasteiger charge is -2.09. The second kappa shape index (κ2) is 10.9. The van der Waals surface area contributed by atoms with Gasteiger partial charge in [-0.2, -0.15) is 0 Å². The van der Waals surface area contributed by atoms with Crippen molar-refractivity contribution in [2.75, 3.05) is 0 Å². The van der Waals surface area contributed by atoms with Gasteiger partial charge in [0.15, 0.2) is 17.5 Å². The number of fused-ring (bicyclic) bond motifs is 9. The van der Waals surface area contributed by atoms with Crippen molar-refractivity contribution in [2.24, 2.45) is 0 Å². The van der Waals surface area contributed by atoms with Crippen LogP contribution in [-0.4, -0.2) is 15.0 Å². The van der Waals surface area contributed by atoms with Crippen molar-refractivity contribution in [3.05, 3.63) is 152 Å². The van der Waals surface area contributed by atoms with E-state index in [-0.39, 0.29) is 0 Å². The number of hydrogen-bond donors (Lipinski definition) is 0. The molecule has 0 radical (unpaired) electrons. The Hall–Kier alpha value is -6.63. The predicted octanol–water partition coefficient (Wildman–Crippen LogP) is 12.7. The minimum Gasteiger partial charge on any atom is -0.456 e. The third-order valence-corrected chi connectivity index (χ3v) is 11.0. The summed E-state index contributed by atoms with van der Waals surface area (Å²) in [6, 6.07) is 52.0. The van der Waals surface area contributed by atoms with Crippen molar-refractivity contribution in [1.82, 2.24) is 15.0 Å². The van der Waals surface area contributed by atoms with Gasteiger partial charge in [-0.25, -0.2) is 15.0 Å². The molecule has 0 spiro atoms. The fourth-order valence-electron chi connectivity index (χ4n) is 7.37. The smallest absolute Gasteiger partial charge is 0.165 e. The Morgan fingerprint density at radius 3 is 1.69 bits per heavy atom. The SMILES string of the molecule is c1ccc(-c2nc(-c3ccc4oc5ccccc5c4c3)nc(-c3cccc4c3sc3c(-c5cccc6c5oc5ccccc56)cccc34)n2)cc1. The first-order valence-corrected chi connectivity index (χ1v) is 17.7. The van der Waals surface area contributed by atoms with Gasteiger partial charge in [0.2, 0.25) is 0 Å². The molecule has 4 heterocycles. The summed E-state index contributed by atoms with van der Waals surface area (Å²) in [5.41, 5.74) is 8.52. The second-order valence-corrected chi connectivity index (χ2v) is 13.7. The molecule has 0 N–H and O–H groups in total. The quantitative estimate of drug-likeness (QED) is 0.186. The highest BCUT2D eigenvalue weighted by molar-refractivity contribution is 7.26. The Bertz CT molecular complexity index is 3160. The standard InChI is InChI=1S/C45H25N3O2S/c1-2-11-26(12-3-1)43-46-44(27-23-24-39-36(25-27)29-14-5-6-21-37(29)49-39)48-45(47-43)35-20-10-19-34-33-18-9-17-32(41(33)51-42(34)35)31-16-8-15-30-28-13-4-7-22-38(28)50-40(30)31/h1-25H. The van der Waals surface area contributed by atoms with E-state index in [1.54, 1.807) is 11.3 Å². The van der Waals surface area contributed by atoms with E-state index in [4.69, 9.17) is 23.8 Å².